The van der Waals surface area contributed by atoms with Crippen molar-refractivity contribution in [3.63, 3.8) is 0 Å². The Hall–Kier alpha value is -3.18. The third-order valence-electron chi connectivity index (χ3n) is 4.78. The van der Waals surface area contributed by atoms with Crippen molar-refractivity contribution in [3.05, 3.63) is 47.0 Å². The number of aliphatic hydroxyl groups is 1. The fraction of sp³-hybridized carbons (Fsp3) is 0.300. The number of nitrogens with zero attached hydrogens (tertiary/aromatic N) is 2. The van der Waals surface area contributed by atoms with E-state index in [0.717, 1.165) is 6.07 Å². The molecule has 2 aromatic rings. The molecule has 1 aliphatic rings. The molecular formula is C20H19FN4O4S. The van der Waals surface area contributed by atoms with Gasteiger partial charge in [-0.3, -0.25) is 4.79 Å². The Morgan fingerprint density at radius 2 is 2.20 bits per heavy atom. The molecule has 0 radical (unpaired) electrons. The summed E-state index contributed by atoms with van der Waals surface area (Å²) in [6.07, 6.45) is 0.605. The number of aliphatic hydroxyl groups excluding tert-OH is 1. The van der Waals surface area contributed by atoms with E-state index in [-0.39, 0.29) is 34.7 Å². The number of aromatic nitrogens is 1. The van der Waals surface area contributed by atoms with Crippen molar-refractivity contribution < 1.29 is 22.7 Å². The maximum Gasteiger partial charge on any atom is 0.272 e. The Balaban J connectivity index is 1.96. The zero-order valence-electron chi connectivity index (χ0n) is 16.2. The van der Waals surface area contributed by atoms with Gasteiger partial charge in [-0.1, -0.05) is 5.92 Å². The molecule has 0 bridgehead atoms. The number of sulfonamides is 1. The van der Waals surface area contributed by atoms with Crippen LogP contribution >= 0.6 is 0 Å². The first-order valence-electron chi connectivity index (χ1n) is 8.99. The van der Waals surface area contributed by atoms with E-state index in [2.05, 4.69) is 21.9 Å². The average molecular weight is 430 g/mol. The van der Waals surface area contributed by atoms with E-state index >= 15 is 0 Å². The molecule has 0 saturated carbocycles. The lowest BCUT2D eigenvalue weighted by Crippen LogP contribution is -2.41. The molecule has 30 heavy (non-hydrogen) atoms. The number of carbonyl (C=O) groups is 1. The second kappa shape index (κ2) is 8.28. The van der Waals surface area contributed by atoms with Crippen LogP contribution in [0.5, 0.6) is 0 Å². The Bertz CT molecular complexity index is 1220. The fourth-order valence-corrected chi connectivity index (χ4v) is 4.98. The molecule has 156 valence electrons. The monoisotopic (exact) mass is 430 g/mol. The summed E-state index contributed by atoms with van der Waals surface area (Å²) in [7, 11) is -2.45. The molecule has 1 unspecified atom stereocenters. The Labute approximate surface area is 173 Å². The summed E-state index contributed by atoms with van der Waals surface area (Å²) < 4.78 is 42.9. The van der Waals surface area contributed by atoms with Crippen LogP contribution in [-0.4, -0.2) is 36.1 Å². The number of benzene rings is 1. The van der Waals surface area contributed by atoms with Gasteiger partial charge in [0, 0.05) is 24.5 Å². The van der Waals surface area contributed by atoms with Gasteiger partial charge in [0.05, 0.1) is 11.6 Å². The molecule has 0 saturated heterocycles. The van der Waals surface area contributed by atoms with Crippen LogP contribution in [0.2, 0.25) is 0 Å². The summed E-state index contributed by atoms with van der Waals surface area (Å²) in [4.78, 5) is 12.8. The molecule has 1 amide bonds. The van der Waals surface area contributed by atoms with Gasteiger partial charge in [-0.05, 0) is 38.0 Å². The minimum atomic E-state index is -3.99. The Kier molecular flexibility index (Phi) is 5.94. The second-order valence-corrected chi connectivity index (χ2v) is 8.48. The van der Waals surface area contributed by atoms with Crippen LogP contribution in [0.15, 0.2) is 29.3 Å². The molecule has 2 heterocycles. The van der Waals surface area contributed by atoms with Gasteiger partial charge in [-0.2, -0.15) is 5.26 Å². The summed E-state index contributed by atoms with van der Waals surface area (Å²) >= 11 is 0. The number of amides is 1. The number of halogens is 1. The summed E-state index contributed by atoms with van der Waals surface area (Å²) in [5.74, 6) is 3.78. The molecule has 8 nitrogen and oxygen atoms in total. The normalized spacial score (nSPS) is 18.2. The summed E-state index contributed by atoms with van der Waals surface area (Å²) in [5.41, 5.74) is 0.410. The average Bonchev–Trinajstić information content (AvgIpc) is 2.97. The third kappa shape index (κ3) is 4.07. The molecular weight excluding hydrogens is 411 g/mol. The number of rotatable bonds is 3. The molecule has 1 aliphatic heterocycles. The second-order valence-electron chi connectivity index (χ2n) is 6.80. The topological polar surface area (TPSA) is 124 Å². The van der Waals surface area contributed by atoms with E-state index in [9.17, 15) is 22.7 Å². The summed E-state index contributed by atoms with van der Waals surface area (Å²) in [6, 6.07) is 4.45. The SMILES string of the molecule is CC#CC(O)[C@@H]1CCc2c(cn(C)c2C(=O)Nc2ccc(F)c(C#N)c2)S(=O)(=O)N1. The first kappa shape index (κ1) is 21.5. The summed E-state index contributed by atoms with van der Waals surface area (Å²) in [6.45, 7) is 1.54. The molecule has 0 aliphatic carbocycles. The first-order valence-corrected chi connectivity index (χ1v) is 10.5. The quantitative estimate of drug-likeness (QED) is 0.633. The summed E-state index contributed by atoms with van der Waals surface area (Å²) in [5, 5.41) is 21.6. The van der Waals surface area contributed by atoms with Crippen molar-refractivity contribution in [2.45, 2.75) is 36.8 Å². The van der Waals surface area contributed by atoms with Crippen molar-refractivity contribution in [2.24, 2.45) is 7.05 Å². The van der Waals surface area contributed by atoms with Crippen LogP contribution in [0.1, 0.15) is 35.0 Å². The highest BCUT2D eigenvalue weighted by Gasteiger charge is 2.34. The van der Waals surface area contributed by atoms with Crippen molar-refractivity contribution in [1.82, 2.24) is 9.29 Å². The maximum atomic E-state index is 13.5. The zero-order valence-corrected chi connectivity index (χ0v) is 17.0. The van der Waals surface area contributed by atoms with Gasteiger partial charge >= 0.3 is 0 Å². The van der Waals surface area contributed by atoms with Crippen molar-refractivity contribution >= 4 is 21.6 Å². The molecule has 3 N–H and O–H groups in total. The zero-order chi connectivity index (χ0) is 22.1. The van der Waals surface area contributed by atoms with Crippen molar-refractivity contribution in [2.75, 3.05) is 5.32 Å². The molecule has 1 aromatic carbocycles. The van der Waals surface area contributed by atoms with Gasteiger partial charge in [-0.25, -0.2) is 17.5 Å². The number of hydrogen-bond acceptors (Lipinski definition) is 5. The maximum absolute atomic E-state index is 13.5. The number of anilines is 1. The van der Waals surface area contributed by atoms with Gasteiger partial charge in [0.2, 0.25) is 10.0 Å². The number of aryl methyl sites for hydroxylation is 1. The van der Waals surface area contributed by atoms with Crippen LogP contribution < -0.4 is 10.0 Å². The predicted octanol–water partition coefficient (Wildman–Crippen LogP) is 1.27. The number of nitrogens with one attached hydrogen (secondary N) is 2. The molecule has 2 atom stereocenters. The highest BCUT2D eigenvalue weighted by Crippen LogP contribution is 2.28. The number of fused-ring (bicyclic) bond motifs is 1. The van der Waals surface area contributed by atoms with Crippen molar-refractivity contribution in [3.8, 4) is 17.9 Å². The van der Waals surface area contributed by atoms with Crippen LogP contribution in [0.25, 0.3) is 0 Å². The highest BCUT2D eigenvalue weighted by atomic mass is 32.2. The lowest BCUT2D eigenvalue weighted by molar-refractivity contribution is 0.101. The van der Waals surface area contributed by atoms with Crippen LogP contribution in [0.4, 0.5) is 10.1 Å². The fourth-order valence-electron chi connectivity index (χ4n) is 3.39. The molecule has 10 heteroatoms. The van der Waals surface area contributed by atoms with Gasteiger partial charge in [-0.15, -0.1) is 5.92 Å². The standard InChI is InChI=1S/C20H19FN4O4S/c1-3-4-17(26)16-8-6-14-18(30(28,29)24-16)11-25(2)19(14)20(27)23-13-5-7-15(21)12(9-13)10-22/h5,7,9,11,16-17,24,26H,6,8H2,1-2H3,(H,23,27)/t16-,17?/m0/s1. The lowest BCUT2D eigenvalue weighted by atomic mass is 10.0. The van der Waals surface area contributed by atoms with E-state index in [1.54, 1.807) is 20.0 Å². The smallest absolute Gasteiger partial charge is 0.272 e. The van der Waals surface area contributed by atoms with Crippen LogP contribution in [0, 0.1) is 29.0 Å². The van der Waals surface area contributed by atoms with E-state index in [4.69, 9.17) is 5.26 Å². The van der Waals surface area contributed by atoms with Gasteiger partial charge in [0.25, 0.3) is 5.91 Å². The van der Waals surface area contributed by atoms with Crippen molar-refractivity contribution in [1.29, 1.82) is 5.26 Å². The van der Waals surface area contributed by atoms with Gasteiger partial charge in [0.1, 0.15) is 28.6 Å². The molecule has 3 rings (SSSR count). The Morgan fingerprint density at radius 3 is 2.87 bits per heavy atom. The van der Waals surface area contributed by atoms with E-state index in [1.165, 1.54) is 22.9 Å². The van der Waals surface area contributed by atoms with E-state index in [0.29, 0.717) is 5.56 Å². The number of carbonyl (C=O) groups excluding carboxylic acids is 1. The Morgan fingerprint density at radius 1 is 1.47 bits per heavy atom. The minimum absolute atomic E-state index is 0.0499. The molecule has 0 spiro atoms. The minimum Gasteiger partial charge on any atom is -0.379 e. The molecule has 1 aromatic heterocycles. The lowest BCUT2D eigenvalue weighted by Gasteiger charge is -2.17. The largest absolute Gasteiger partial charge is 0.379 e. The number of hydrogen-bond donors (Lipinski definition) is 3. The van der Waals surface area contributed by atoms with E-state index in [1.807, 2.05) is 0 Å². The van der Waals surface area contributed by atoms with Crippen LogP contribution in [-0.2, 0) is 23.5 Å². The van der Waals surface area contributed by atoms with Gasteiger partial charge in [0.15, 0.2) is 0 Å². The first-order chi connectivity index (χ1) is 14.2. The van der Waals surface area contributed by atoms with Crippen LogP contribution in [0.3, 0.4) is 0 Å². The van der Waals surface area contributed by atoms with E-state index < -0.39 is 33.9 Å². The highest BCUT2D eigenvalue weighted by molar-refractivity contribution is 7.89. The van der Waals surface area contributed by atoms with Gasteiger partial charge < -0.3 is 15.0 Å². The predicted molar refractivity (Wildman–Crippen MR) is 106 cm³/mol. The molecule has 0 fully saturated rings. The number of nitriles is 1. The third-order valence-corrected chi connectivity index (χ3v) is 6.33.